The molecule has 18 heavy (non-hydrogen) atoms. The minimum absolute atomic E-state index is 0.0991. The van der Waals surface area contributed by atoms with Crippen molar-refractivity contribution in [3.8, 4) is 0 Å². The molecule has 0 saturated carbocycles. The molecule has 6 nitrogen and oxygen atoms in total. The van der Waals surface area contributed by atoms with Crippen LogP contribution in [0, 0.1) is 0 Å². The summed E-state index contributed by atoms with van der Waals surface area (Å²) >= 11 is 0. The van der Waals surface area contributed by atoms with E-state index in [1.54, 1.807) is 6.33 Å². The summed E-state index contributed by atoms with van der Waals surface area (Å²) < 4.78 is 13.1. The fourth-order valence-electron chi connectivity index (χ4n) is 2.10. The molecule has 0 amide bonds. The summed E-state index contributed by atoms with van der Waals surface area (Å²) in [4.78, 5) is 4.27. The van der Waals surface area contributed by atoms with Gasteiger partial charge in [-0.05, 0) is 13.0 Å². The zero-order chi connectivity index (χ0) is 12.8. The number of rotatable bonds is 6. The first-order chi connectivity index (χ1) is 8.81. The predicted octanol–water partition coefficient (Wildman–Crippen LogP) is 0.141. The van der Waals surface area contributed by atoms with Crippen LogP contribution in [0.1, 0.15) is 19.2 Å². The Morgan fingerprint density at radius 3 is 3.06 bits per heavy atom. The molecule has 0 aromatic carbocycles. The summed E-state index contributed by atoms with van der Waals surface area (Å²) in [5.74, 6) is 0.970. The Morgan fingerprint density at radius 1 is 1.56 bits per heavy atom. The Kier molecular flexibility index (Phi) is 5.10. The molecular formula is C12H22N4O2. The number of ether oxygens (including phenoxy) is 2. The zero-order valence-electron chi connectivity index (χ0n) is 11.1. The molecule has 0 spiro atoms. The molecular weight excluding hydrogens is 232 g/mol. The third-order valence-corrected chi connectivity index (χ3v) is 3.15. The number of aromatic nitrogens is 3. The Labute approximate surface area is 108 Å². The van der Waals surface area contributed by atoms with E-state index >= 15 is 0 Å². The lowest BCUT2D eigenvalue weighted by Crippen LogP contribution is -2.48. The number of hydrogen-bond donors (Lipinski definition) is 1. The van der Waals surface area contributed by atoms with Gasteiger partial charge >= 0.3 is 0 Å². The number of hydrogen-bond acceptors (Lipinski definition) is 5. The van der Waals surface area contributed by atoms with Crippen LogP contribution in [-0.4, -0.2) is 53.3 Å². The maximum absolute atomic E-state index is 5.78. The fraction of sp³-hybridized carbons (Fsp3) is 0.833. The highest BCUT2D eigenvalue weighted by atomic mass is 16.6. The van der Waals surface area contributed by atoms with Crippen molar-refractivity contribution < 1.29 is 9.47 Å². The summed E-state index contributed by atoms with van der Waals surface area (Å²) in [6.07, 6.45) is 3.60. The minimum Gasteiger partial charge on any atom is -0.376 e. The molecule has 1 aliphatic heterocycles. The van der Waals surface area contributed by atoms with E-state index in [1.165, 1.54) is 0 Å². The molecule has 6 heteroatoms. The van der Waals surface area contributed by atoms with E-state index in [0.717, 1.165) is 25.2 Å². The second-order valence-corrected chi connectivity index (χ2v) is 4.55. The van der Waals surface area contributed by atoms with E-state index in [2.05, 4.69) is 22.3 Å². The van der Waals surface area contributed by atoms with Crippen LogP contribution in [0.2, 0.25) is 0 Å². The lowest BCUT2D eigenvalue weighted by molar-refractivity contribution is -0.101. The van der Waals surface area contributed by atoms with E-state index in [0.29, 0.717) is 19.8 Å². The van der Waals surface area contributed by atoms with Gasteiger partial charge in [0.15, 0.2) is 0 Å². The summed E-state index contributed by atoms with van der Waals surface area (Å²) in [5, 5.41) is 7.62. The van der Waals surface area contributed by atoms with Gasteiger partial charge < -0.3 is 14.8 Å². The third kappa shape index (κ3) is 3.51. The zero-order valence-corrected chi connectivity index (χ0v) is 11.1. The highest BCUT2D eigenvalue weighted by molar-refractivity contribution is 4.92. The van der Waals surface area contributed by atoms with Crippen LogP contribution < -0.4 is 5.32 Å². The molecule has 2 unspecified atom stereocenters. The van der Waals surface area contributed by atoms with E-state index < -0.39 is 0 Å². The molecule has 1 fully saturated rings. The van der Waals surface area contributed by atoms with Crippen molar-refractivity contribution in [2.24, 2.45) is 7.05 Å². The second-order valence-electron chi connectivity index (χ2n) is 4.55. The first-order valence-electron chi connectivity index (χ1n) is 6.57. The van der Waals surface area contributed by atoms with Crippen molar-refractivity contribution in [3.63, 3.8) is 0 Å². The third-order valence-electron chi connectivity index (χ3n) is 3.15. The smallest absolute Gasteiger partial charge is 0.138 e. The molecule has 2 rings (SSSR count). The Morgan fingerprint density at radius 2 is 2.44 bits per heavy atom. The largest absolute Gasteiger partial charge is 0.376 e. The van der Waals surface area contributed by atoms with Gasteiger partial charge in [0.2, 0.25) is 0 Å². The molecule has 1 aromatic rings. The van der Waals surface area contributed by atoms with Gasteiger partial charge in [0.1, 0.15) is 12.2 Å². The van der Waals surface area contributed by atoms with Crippen LogP contribution in [0.25, 0.3) is 0 Å². The Bertz CT molecular complexity index is 350. The van der Waals surface area contributed by atoms with Crippen LogP contribution in [0.5, 0.6) is 0 Å². The predicted molar refractivity (Wildman–Crippen MR) is 67.3 cm³/mol. The number of nitrogens with zero attached hydrogens (tertiary/aromatic N) is 3. The molecule has 1 N–H and O–H groups in total. The molecule has 2 atom stereocenters. The Balaban J connectivity index is 1.97. The quantitative estimate of drug-likeness (QED) is 0.782. The first kappa shape index (κ1) is 13.5. The second kappa shape index (κ2) is 6.82. The topological polar surface area (TPSA) is 61.2 Å². The molecule has 102 valence electrons. The maximum atomic E-state index is 5.78. The molecule has 1 aromatic heterocycles. The van der Waals surface area contributed by atoms with E-state index in [1.807, 2.05) is 11.7 Å². The number of nitrogens with one attached hydrogen (secondary N) is 1. The van der Waals surface area contributed by atoms with Crippen LogP contribution >= 0.6 is 0 Å². The van der Waals surface area contributed by atoms with Crippen LogP contribution in [0.3, 0.4) is 0 Å². The van der Waals surface area contributed by atoms with Gasteiger partial charge in [-0.25, -0.2) is 4.98 Å². The molecule has 1 saturated heterocycles. The van der Waals surface area contributed by atoms with Gasteiger partial charge in [0.05, 0.1) is 25.9 Å². The van der Waals surface area contributed by atoms with Crippen LogP contribution in [0.4, 0.5) is 0 Å². The minimum atomic E-state index is 0.0991. The lowest BCUT2D eigenvalue weighted by atomic mass is 10.1. The van der Waals surface area contributed by atoms with E-state index in [-0.39, 0.29) is 12.1 Å². The van der Waals surface area contributed by atoms with Gasteiger partial charge in [0, 0.05) is 19.5 Å². The molecule has 0 aliphatic carbocycles. The van der Waals surface area contributed by atoms with Gasteiger partial charge in [-0.2, -0.15) is 5.10 Å². The first-order valence-corrected chi connectivity index (χ1v) is 6.57. The monoisotopic (exact) mass is 254 g/mol. The molecule has 2 heterocycles. The normalized spacial score (nSPS) is 22.0. The van der Waals surface area contributed by atoms with Gasteiger partial charge in [-0.1, -0.05) is 6.92 Å². The lowest BCUT2D eigenvalue weighted by Gasteiger charge is -2.31. The average molecular weight is 254 g/mol. The van der Waals surface area contributed by atoms with Crippen molar-refractivity contribution >= 4 is 0 Å². The maximum Gasteiger partial charge on any atom is 0.138 e. The van der Waals surface area contributed by atoms with Gasteiger partial charge in [-0.15, -0.1) is 0 Å². The summed E-state index contributed by atoms with van der Waals surface area (Å²) in [6, 6.07) is 0.230. The van der Waals surface area contributed by atoms with Gasteiger partial charge in [-0.3, -0.25) is 4.68 Å². The summed E-state index contributed by atoms with van der Waals surface area (Å²) in [7, 11) is 1.91. The van der Waals surface area contributed by atoms with Crippen molar-refractivity contribution in [3.05, 3.63) is 12.2 Å². The Hall–Kier alpha value is -0.980. The highest BCUT2D eigenvalue weighted by Crippen LogP contribution is 2.10. The van der Waals surface area contributed by atoms with Gasteiger partial charge in [0.25, 0.3) is 0 Å². The average Bonchev–Trinajstić information content (AvgIpc) is 2.81. The fourth-order valence-corrected chi connectivity index (χ4v) is 2.10. The van der Waals surface area contributed by atoms with Crippen LogP contribution in [0.15, 0.2) is 6.33 Å². The standard InChI is InChI=1S/C12H22N4O2/c1-3-4-13-10(11-8-17-5-6-18-11)7-12-14-9-15-16(12)2/h9-11,13H,3-8H2,1-2H3. The van der Waals surface area contributed by atoms with E-state index in [9.17, 15) is 0 Å². The van der Waals surface area contributed by atoms with Crippen molar-refractivity contribution in [2.45, 2.75) is 31.9 Å². The molecule has 0 bridgehead atoms. The van der Waals surface area contributed by atoms with Crippen molar-refractivity contribution in [1.82, 2.24) is 20.1 Å². The molecule has 1 aliphatic rings. The summed E-state index contributed by atoms with van der Waals surface area (Å²) in [6.45, 7) is 5.15. The van der Waals surface area contributed by atoms with E-state index in [4.69, 9.17) is 9.47 Å². The number of aryl methyl sites for hydroxylation is 1. The van der Waals surface area contributed by atoms with Crippen molar-refractivity contribution in [1.29, 1.82) is 0 Å². The highest BCUT2D eigenvalue weighted by Gasteiger charge is 2.26. The summed E-state index contributed by atoms with van der Waals surface area (Å²) in [5.41, 5.74) is 0. The van der Waals surface area contributed by atoms with Crippen molar-refractivity contribution in [2.75, 3.05) is 26.4 Å². The SMILES string of the molecule is CCCNC(Cc1ncnn1C)C1COCCO1. The molecule has 0 radical (unpaired) electrons. The van der Waals surface area contributed by atoms with Crippen LogP contribution in [-0.2, 0) is 22.9 Å².